The fourth-order valence-corrected chi connectivity index (χ4v) is 2.61. The van der Waals surface area contributed by atoms with Gasteiger partial charge in [-0.15, -0.1) is 0 Å². The van der Waals surface area contributed by atoms with Crippen LogP contribution in [0.15, 0.2) is 51.6 Å². The van der Waals surface area contributed by atoms with Crippen molar-refractivity contribution in [1.82, 2.24) is 20.4 Å². The summed E-state index contributed by atoms with van der Waals surface area (Å²) >= 11 is 0. The van der Waals surface area contributed by atoms with Gasteiger partial charge in [-0.1, -0.05) is 5.16 Å². The molecule has 27 heavy (non-hydrogen) atoms. The number of hydrogen-bond acceptors (Lipinski definition) is 7. The predicted molar refractivity (Wildman–Crippen MR) is 98.1 cm³/mol. The molecule has 1 aromatic carbocycles. The summed E-state index contributed by atoms with van der Waals surface area (Å²) in [6.45, 7) is 0.415. The van der Waals surface area contributed by atoms with E-state index in [9.17, 15) is 4.79 Å². The van der Waals surface area contributed by atoms with E-state index < -0.39 is 0 Å². The van der Waals surface area contributed by atoms with Gasteiger partial charge in [-0.05, 0) is 50.5 Å². The van der Waals surface area contributed by atoms with Gasteiger partial charge in [-0.25, -0.2) is 0 Å². The second-order valence-electron chi connectivity index (χ2n) is 6.22. The molecule has 0 aliphatic rings. The van der Waals surface area contributed by atoms with Gasteiger partial charge in [-0.2, -0.15) is 4.98 Å². The number of benzene rings is 1. The average Bonchev–Trinajstić information content (AvgIpc) is 3.34. The lowest BCUT2D eigenvalue weighted by Gasteiger charge is -2.22. The fourth-order valence-electron chi connectivity index (χ4n) is 2.61. The molecule has 1 amide bonds. The van der Waals surface area contributed by atoms with Gasteiger partial charge in [0, 0.05) is 12.1 Å². The Bertz CT molecular complexity index is 856. The Morgan fingerprint density at radius 1 is 1.26 bits per heavy atom. The SMILES string of the molecule is COc1ccc(-c2noc(CC(=O)NCC(c3ccco3)N(C)C)n2)cc1. The number of nitrogens with zero attached hydrogens (tertiary/aromatic N) is 3. The number of nitrogens with one attached hydrogen (secondary N) is 1. The average molecular weight is 370 g/mol. The van der Waals surface area contributed by atoms with Crippen LogP contribution in [-0.2, 0) is 11.2 Å². The van der Waals surface area contributed by atoms with E-state index in [0.29, 0.717) is 12.4 Å². The van der Waals surface area contributed by atoms with Crippen molar-refractivity contribution in [2.45, 2.75) is 12.5 Å². The molecule has 0 fully saturated rings. The molecule has 0 radical (unpaired) electrons. The highest BCUT2D eigenvalue weighted by atomic mass is 16.5. The van der Waals surface area contributed by atoms with Gasteiger partial charge < -0.3 is 19.0 Å². The van der Waals surface area contributed by atoms with Crippen LogP contribution in [0.5, 0.6) is 5.75 Å². The number of likely N-dealkylation sites (N-methyl/N-ethyl adjacent to an activating group) is 1. The highest BCUT2D eigenvalue weighted by Crippen LogP contribution is 2.20. The van der Waals surface area contributed by atoms with E-state index in [1.165, 1.54) is 0 Å². The first kappa shape index (κ1) is 18.7. The summed E-state index contributed by atoms with van der Waals surface area (Å²) < 4.78 is 15.7. The first-order chi connectivity index (χ1) is 13.1. The summed E-state index contributed by atoms with van der Waals surface area (Å²) in [4.78, 5) is 18.5. The van der Waals surface area contributed by atoms with Gasteiger partial charge in [0.25, 0.3) is 0 Å². The van der Waals surface area contributed by atoms with Gasteiger partial charge in [0.05, 0.1) is 19.4 Å². The third-order valence-corrected chi connectivity index (χ3v) is 4.12. The third kappa shape index (κ3) is 4.73. The van der Waals surface area contributed by atoms with Crippen molar-refractivity contribution in [2.75, 3.05) is 27.7 Å². The Morgan fingerprint density at radius 3 is 2.67 bits per heavy atom. The molecule has 0 aliphatic heterocycles. The van der Waals surface area contributed by atoms with Gasteiger partial charge in [0.1, 0.15) is 17.9 Å². The van der Waals surface area contributed by atoms with E-state index in [-0.39, 0.29) is 24.3 Å². The van der Waals surface area contributed by atoms with E-state index in [1.54, 1.807) is 13.4 Å². The van der Waals surface area contributed by atoms with E-state index >= 15 is 0 Å². The molecule has 0 bridgehead atoms. The first-order valence-corrected chi connectivity index (χ1v) is 8.50. The number of carbonyl (C=O) groups excluding carboxylic acids is 1. The second kappa shape index (κ2) is 8.50. The minimum atomic E-state index is -0.196. The molecule has 2 aromatic heterocycles. The Kier molecular flexibility index (Phi) is 5.87. The molecule has 2 heterocycles. The summed E-state index contributed by atoms with van der Waals surface area (Å²) in [5.41, 5.74) is 0.789. The van der Waals surface area contributed by atoms with Gasteiger partial charge >= 0.3 is 0 Å². The number of furan rings is 1. The van der Waals surface area contributed by atoms with Crippen molar-refractivity contribution < 1.29 is 18.5 Å². The molecule has 3 aromatic rings. The van der Waals surface area contributed by atoms with Crippen molar-refractivity contribution in [3.05, 3.63) is 54.3 Å². The lowest BCUT2D eigenvalue weighted by Crippen LogP contribution is -2.35. The van der Waals surface area contributed by atoms with Gasteiger partial charge in [0.15, 0.2) is 0 Å². The van der Waals surface area contributed by atoms with Crippen molar-refractivity contribution >= 4 is 5.91 Å². The molecule has 0 spiro atoms. The molecular weight excluding hydrogens is 348 g/mol. The molecule has 0 saturated heterocycles. The van der Waals surface area contributed by atoms with Gasteiger partial charge in [-0.3, -0.25) is 9.69 Å². The van der Waals surface area contributed by atoms with E-state index in [0.717, 1.165) is 17.1 Å². The molecule has 0 aliphatic carbocycles. The zero-order valence-corrected chi connectivity index (χ0v) is 15.5. The second-order valence-corrected chi connectivity index (χ2v) is 6.22. The molecule has 3 rings (SSSR count). The molecular formula is C19H22N4O4. The molecule has 1 unspecified atom stereocenters. The zero-order valence-electron chi connectivity index (χ0n) is 15.5. The summed E-state index contributed by atoms with van der Waals surface area (Å²) in [5, 5.41) is 6.81. The Hall–Kier alpha value is -3.13. The normalized spacial score (nSPS) is 12.1. The summed E-state index contributed by atoms with van der Waals surface area (Å²) in [7, 11) is 5.46. The molecule has 8 heteroatoms. The van der Waals surface area contributed by atoms with E-state index in [1.807, 2.05) is 55.4 Å². The molecule has 0 saturated carbocycles. The Labute approximate surface area is 157 Å². The predicted octanol–water partition coefficient (Wildman–Crippen LogP) is 2.30. The van der Waals surface area contributed by atoms with Crippen LogP contribution in [0.25, 0.3) is 11.4 Å². The maximum atomic E-state index is 12.2. The minimum Gasteiger partial charge on any atom is -0.497 e. The lowest BCUT2D eigenvalue weighted by atomic mass is 10.2. The van der Waals surface area contributed by atoms with Crippen molar-refractivity contribution in [3.8, 4) is 17.1 Å². The van der Waals surface area contributed by atoms with Crippen LogP contribution in [0.3, 0.4) is 0 Å². The van der Waals surface area contributed by atoms with Crippen LogP contribution < -0.4 is 10.1 Å². The maximum Gasteiger partial charge on any atom is 0.236 e. The number of hydrogen-bond donors (Lipinski definition) is 1. The molecule has 1 atom stereocenters. The number of ether oxygens (including phenoxy) is 1. The molecule has 8 nitrogen and oxygen atoms in total. The summed E-state index contributed by atoms with van der Waals surface area (Å²) in [6.07, 6.45) is 1.63. The van der Waals surface area contributed by atoms with Crippen molar-refractivity contribution in [1.29, 1.82) is 0 Å². The van der Waals surface area contributed by atoms with Crippen LogP contribution in [-0.4, -0.2) is 48.7 Å². The largest absolute Gasteiger partial charge is 0.497 e. The van der Waals surface area contributed by atoms with E-state index in [2.05, 4.69) is 15.5 Å². The number of amides is 1. The molecule has 1 N–H and O–H groups in total. The smallest absolute Gasteiger partial charge is 0.236 e. The van der Waals surface area contributed by atoms with Crippen LogP contribution in [0.4, 0.5) is 0 Å². The highest BCUT2D eigenvalue weighted by molar-refractivity contribution is 5.77. The number of rotatable bonds is 8. The minimum absolute atomic E-state index is 0.0153. The standard InChI is InChI=1S/C19H22N4O4/c1-23(2)15(16-5-4-10-26-16)12-20-17(24)11-18-21-19(22-27-18)13-6-8-14(25-3)9-7-13/h4-10,15H,11-12H2,1-3H3,(H,20,24). The monoisotopic (exact) mass is 370 g/mol. The zero-order chi connectivity index (χ0) is 19.2. The van der Waals surface area contributed by atoms with Gasteiger partial charge in [0.2, 0.25) is 17.6 Å². The highest BCUT2D eigenvalue weighted by Gasteiger charge is 2.19. The van der Waals surface area contributed by atoms with Crippen LogP contribution in [0.2, 0.25) is 0 Å². The summed E-state index contributed by atoms with van der Waals surface area (Å²) in [5.74, 6) is 2.03. The fraction of sp³-hybridized carbons (Fsp3) is 0.316. The third-order valence-electron chi connectivity index (χ3n) is 4.12. The Morgan fingerprint density at radius 2 is 2.04 bits per heavy atom. The van der Waals surface area contributed by atoms with Crippen molar-refractivity contribution in [2.24, 2.45) is 0 Å². The Balaban J connectivity index is 1.57. The number of aromatic nitrogens is 2. The molecule has 142 valence electrons. The summed E-state index contributed by atoms with van der Waals surface area (Å²) in [6, 6.07) is 10.9. The maximum absolute atomic E-state index is 12.2. The quantitative estimate of drug-likeness (QED) is 0.650. The lowest BCUT2D eigenvalue weighted by molar-refractivity contribution is -0.121. The van der Waals surface area contributed by atoms with Crippen molar-refractivity contribution in [3.63, 3.8) is 0 Å². The van der Waals surface area contributed by atoms with Crippen LogP contribution >= 0.6 is 0 Å². The van der Waals surface area contributed by atoms with E-state index in [4.69, 9.17) is 13.7 Å². The van der Waals surface area contributed by atoms with Crippen LogP contribution in [0, 0.1) is 0 Å². The first-order valence-electron chi connectivity index (χ1n) is 8.50. The number of carbonyl (C=O) groups is 1. The topological polar surface area (TPSA) is 93.6 Å². The van der Waals surface area contributed by atoms with Crippen LogP contribution in [0.1, 0.15) is 17.7 Å². The number of methoxy groups -OCH3 is 1.